The highest BCUT2D eigenvalue weighted by molar-refractivity contribution is 6.34. The molecule has 0 radical (unpaired) electrons. The fourth-order valence-corrected chi connectivity index (χ4v) is 2.33. The summed E-state index contributed by atoms with van der Waals surface area (Å²) in [5, 5.41) is 5.71. The molecule has 1 aromatic rings. The van der Waals surface area contributed by atoms with Crippen molar-refractivity contribution in [1.29, 1.82) is 0 Å². The number of rotatable bonds is 4. The zero-order chi connectivity index (χ0) is 16.3. The van der Waals surface area contributed by atoms with Gasteiger partial charge in [0.05, 0.1) is 10.7 Å². The van der Waals surface area contributed by atoms with E-state index in [4.69, 9.17) is 21.1 Å². The molecular weight excluding hydrogens is 308 g/mol. The lowest BCUT2D eigenvalue weighted by molar-refractivity contribution is -0.126. The molecule has 1 aliphatic rings. The molecular formula is C15H19ClN2O4. The SMILES string of the molecule is CC(=O)N[C@@H](C(=O)Nc1cc2c(cc1Cl)OCCO2)C(C)C. The van der Waals surface area contributed by atoms with Crippen LogP contribution >= 0.6 is 11.6 Å². The minimum atomic E-state index is -0.637. The third kappa shape index (κ3) is 3.82. The van der Waals surface area contributed by atoms with Crippen molar-refractivity contribution in [2.24, 2.45) is 5.92 Å². The summed E-state index contributed by atoms with van der Waals surface area (Å²) in [5.74, 6) is 0.439. The predicted molar refractivity (Wildman–Crippen MR) is 83.5 cm³/mol. The second-order valence-electron chi connectivity index (χ2n) is 5.39. The van der Waals surface area contributed by atoms with Crippen LogP contribution in [0.25, 0.3) is 0 Å². The molecule has 7 heteroatoms. The maximum Gasteiger partial charge on any atom is 0.247 e. The van der Waals surface area contributed by atoms with Crippen LogP contribution in [0, 0.1) is 5.92 Å². The predicted octanol–water partition coefficient (Wildman–Crippen LogP) is 2.21. The Morgan fingerprint density at radius 2 is 1.77 bits per heavy atom. The van der Waals surface area contributed by atoms with E-state index in [0.29, 0.717) is 35.4 Å². The van der Waals surface area contributed by atoms with E-state index in [-0.39, 0.29) is 17.7 Å². The Hall–Kier alpha value is -1.95. The van der Waals surface area contributed by atoms with E-state index >= 15 is 0 Å². The maximum atomic E-state index is 12.4. The monoisotopic (exact) mass is 326 g/mol. The van der Waals surface area contributed by atoms with Gasteiger partial charge in [0.2, 0.25) is 11.8 Å². The Morgan fingerprint density at radius 3 is 2.32 bits per heavy atom. The van der Waals surface area contributed by atoms with Crippen molar-refractivity contribution in [2.75, 3.05) is 18.5 Å². The summed E-state index contributed by atoms with van der Waals surface area (Å²) >= 11 is 6.16. The molecule has 1 heterocycles. The van der Waals surface area contributed by atoms with E-state index in [9.17, 15) is 9.59 Å². The molecule has 0 saturated heterocycles. The second kappa shape index (κ2) is 6.87. The standard InChI is InChI=1S/C15H19ClN2O4/c1-8(2)14(17-9(3)19)15(20)18-11-7-13-12(6-10(11)16)21-4-5-22-13/h6-8,14H,4-5H2,1-3H3,(H,17,19)(H,18,20)/t14-/m1/s1. The van der Waals surface area contributed by atoms with E-state index < -0.39 is 6.04 Å². The smallest absolute Gasteiger partial charge is 0.247 e. The average molecular weight is 327 g/mol. The van der Waals surface area contributed by atoms with Gasteiger partial charge in [-0.2, -0.15) is 0 Å². The maximum absolute atomic E-state index is 12.4. The van der Waals surface area contributed by atoms with Crippen LogP contribution in [0.3, 0.4) is 0 Å². The fraction of sp³-hybridized carbons (Fsp3) is 0.467. The summed E-state index contributed by atoms with van der Waals surface area (Å²) < 4.78 is 10.9. The Bertz CT molecular complexity index is 589. The van der Waals surface area contributed by atoms with Gasteiger partial charge < -0.3 is 20.1 Å². The minimum absolute atomic E-state index is 0.0557. The molecule has 2 amide bonds. The molecule has 0 aliphatic carbocycles. The number of hydrogen-bond acceptors (Lipinski definition) is 4. The van der Waals surface area contributed by atoms with Gasteiger partial charge in [0, 0.05) is 19.1 Å². The molecule has 120 valence electrons. The fourth-order valence-electron chi connectivity index (χ4n) is 2.12. The van der Waals surface area contributed by atoms with Crippen LogP contribution in [-0.2, 0) is 9.59 Å². The van der Waals surface area contributed by atoms with Crippen molar-refractivity contribution in [3.63, 3.8) is 0 Å². The summed E-state index contributed by atoms with van der Waals surface area (Å²) in [6.45, 7) is 5.99. The van der Waals surface area contributed by atoms with E-state index in [1.54, 1.807) is 12.1 Å². The zero-order valence-corrected chi connectivity index (χ0v) is 13.5. The largest absolute Gasteiger partial charge is 0.486 e. The van der Waals surface area contributed by atoms with Crippen molar-refractivity contribution >= 4 is 29.1 Å². The van der Waals surface area contributed by atoms with Crippen LogP contribution in [0.5, 0.6) is 11.5 Å². The number of anilines is 1. The molecule has 0 bridgehead atoms. The second-order valence-corrected chi connectivity index (χ2v) is 5.79. The van der Waals surface area contributed by atoms with E-state index in [0.717, 1.165) is 0 Å². The summed E-state index contributed by atoms with van der Waals surface area (Å²) in [6.07, 6.45) is 0. The first-order valence-corrected chi connectivity index (χ1v) is 7.43. The zero-order valence-electron chi connectivity index (χ0n) is 12.7. The highest BCUT2D eigenvalue weighted by Crippen LogP contribution is 2.38. The number of nitrogens with one attached hydrogen (secondary N) is 2. The number of ether oxygens (including phenoxy) is 2. The first-order chi connectivity index (χ1) is 10.4. The molecule has 6 nitrogen and oxygen atoms in total. The molecule has 1 aliphatic heterocycles. The van der Waals surface area contributed by atoms with Crippen molar-refractivity contribution in [3.05, 3.63) is 17.2 Å². The molecule has 0 aromatic heterocycles. The molecule has 22 heavy (non-hydrogen) atoms. The summed E-state index contributed by atoms with van der Waals surface area (Å²) in [4.78, 5) is 23.6. The molecule has 2 N–H and O–H groups in total. The molecule has 1 atom stereocenters. The first-order valence-electron chi connectivity index (χ1n) is 7.05. The van der Waals surface area contributed by atoms with Gasteiger partial charge in [0.1, 0.15) is 19.3 Å². The van der Waals surface area contributed by atoms with Gasteiger partial charge in [-0.1, -0.05) is 25.4 Å². The van der Waals surface area contributed by atoms with Crippen molar-refractivity contribution in [1.82, 2.24) is 5.32 Å². The highest BCUT2D eigenvalue weighted by atomic mass is 35.5. The average Bonchev–Trinajstić information content (AvgIpc) is 2.45. The Labute approximate surface area is 134 Å². The van der Waals surface area contributed by atoms with E-state index in [2.05, 4.69) is 10.6 Å². The highest BCUT2D eigenvalue weighted by Gasteiger charge is 2.24. The molecule has 0 spiro atoms. The van der Waals surface area contributed by atoms with Crippen LogP contribution in [0.15, 0.2) is 12.1 Å². The number of carbonyl (C=O) groups is 2. The molecule has 0 fully saturated rings. The Morgan fingerprint density at radius 1 is 1.18 bits per heavy atom. The summed E-state index contributed by atoms with van der Waals surface area (Å²) in [6, 6.07) is 2.59. The van der Waals surface area contributed by atoms with Gasteiger partial charge in [0.25, 0.3) is 0 Å². The lowest BCUT2D eigenvalue weighted by atomic mass is 10.0. The van der Waals surface area contributed by atoms with Gasteiger partial charge in [-0.25, -0.2) is 0 Å². The number of benzene rings is 1. The minimum Gasteiger partial charge on any atom is -0.486 e. The van der Waals surface area contributed by atoms with Gasteiger partial charge in [-0.3, -0.25) is 9.59 Å². The van der Waals surface area contributed by atoms with Crippen LogP contribution in [-0.4, -0.2) is 31.1 Å². The number of halogens is 1. The lowest BCUT2D eigenvalue weighted by Crippen LogP contribution is -2.46. The van der Waals surface area contributed by atoms with E-state index in [1.807, 2.05) is 13.8 Å². The first kappa shape index (κ1) is 16.4. The van der Waals surface area contributed by atoms with Crippen molar-refractivity contribution in [2.45, 2.75) is 26.8 Å². The van der Waals surface area contributed by atoms with Crippen LogP contribution in [0.1, 0.15) is 20.8 Å². The normalized spacial score (nSPS) is 14.4. The molecule has 0 unspecified atom stereocenters. The van der Waals surface area contributed by atoms with Crippen molar-refractivity contribution in [3.8, 4) is 11.5 Å². The lowest BCUT2D eigenvalue weighted by Gasteiger charge is -2.23. The quantitative estimate of drug-likeness (QED) is 0.889. The number of hydrogen-bond donors (Lipinski definition) is 2. The van der Waals surface area contributed by atoms with Gasteiger partial charge in [-0.05, 0) is 5.92 Å². The summed E-state index contributed by atoms with van der Waals surface area (Å²) in [7, 11) is 0. The Kier molecular flexibility index (Phi) is 5.13. The molecule has 0 saturated carbocycles. The third-order valence-electron chi connectivity index (χ3n) is 3.20. The van der Waals surface area contributed by atoms with Gasteiger partial charge >= 0.3 is 0 Å². The topological polar surface area (TPSA) is 76.7 Å². The number of fused-ring (bicyclic) bond motifs is 1. The van der Waals surface area contributed by atoms with E-state index in [1.165, 1.54) is 6.92 Å². The van der Waals surface area contributed by atoms with Crippen LogP contribution in [0.4, 0.5) is 5.69 Å². The van der Waals surface area contributed by atoms with Gasteiger partial charge in [-0.15, -0.1) is 0 Å². The van der Waals surface area contributed by atoms with Gasteiger partial charge in [0.15, 0.2) is 11.5 Å². The summed E-state index contributed by atoms with van der Waals surface area (Å²) in [5.41, 5.74) is 0.423. The van der Waals surface area contributed by atoms with Crippen LogP contribution < -0.4 is 20.1 Å². The third-order valence-corrected chi connectivity index (χ3v) is 3.51. The number of carbonyl (C=O) groups excluding carboxylic acids is 2. The number of amides is 2. The molecule has 2 rings (SSSR count). The Balaban J connectivity index is 2.18. The van der Waals surface area contributed by atoms with Crippen molar-refractivity contribution < 1.29 is 19.1 Å². The molecule has 1 aromatic carbocycles. The van der Waals surface area contributed by atoms with Crippen LogP contribution in [0.2, 0.25) is 5.02 Å².